The van der Waals surface area contributed by atoms with Crippen molar-refractivity contribution in [1.29, 1.82) is 5.41 Å². The van der Waals surface area contributed by atoms with Gasteiger partial charge in [-0.1, -0.05) is 20.8 Å². The van der Waals surface area contributed by atoms with Crippen LogP contribution in [0.2, 0.25) is 0 Å². The molecule has 3 nitrogen and oxygen atoms in total. The van der Waals surface area contributed by atoms with Gasteiger partial charge in [0.15, 0.2) is 0 Å². The molecule has 0 unspecified atom stereocenters. The Morgan fingerprint density at radius 3 is 2.29 bits per heavy atom. The van der Waals surface area contributed by atoms with Gasteiger partial charge in [0.05, 0.1) is 6.61 Å². The Bertz CT molecular complexity index is 363. The van der Waals surface area contributed by atoms with E-state index >= 15 is 0 Å². The molecular formula is C14H22N2O. The molecule has 0 aliphatic heterocycles. The normalized spacial score (nSPS) is 11.2. The topological polar surface area (TPSA) is 59.1 Å². The first kappa shape index (κ1) is 13.6. The van der Waals surface area contributed by atoms with Gasteiger partial charge in [0.1, 0.15) is 11.6 Å². The van der Waals surface area contributed by atoms with Crippen molar-refractivity contribution in [3.05, 3.63) is 29.8 Å². The summed E-state index contributed by atoms with van der Waals surface area (Å²) in [6.45, 7) is 7.43. The fourth-order valence-electron chi connectivity index (χ4n) is 1.52. The van der Waals surface area contributed by atoms with Gasteiger partial charge < -0.3 is 10.5 Å². The number of nitrogens with one attached hydrogen (secondary N) is 1. The molecule has 0 aromatic heterocycles. The van der Waals surface area contributed by atoms with Gasteiger partial charge in [0.25, 0.3) is 0 Å². The number of nitrogens with two attached hydrogens (primary N) is 1. The SMILES string of the molecule is CC(C)(C)CCCOc1ccc(C(=N)N)cc1. The van der Waals surface area contributed by atoms with Crippen LogP contribution in [0.15, 0.2) is 24.3 Å². The summed E-state index contributed by atoms with van der Waals surface area (Å²) < 4.78 is 5.62. The fraction of sp³-hybridized carbons (Fsp3) is 0.500. The molecule has 0 radical (unpaired) electrons. The molecule has 0 bridgehead atoms. The standard InChI is InChI=1S/C14H22N2O/c1-14(2,3)9-4-10-17-12-7-5-11(6-8-12)13(15)16/h5-8H,4,9-10H2,1-3H3,(H3,15,16). The zero-order valence-electron chi connectivity index (χ0n) is 10.9. The van der Waals surface area contributed by atoms with Gasteiger partial charge in [-0.15, -0.1) is 0 Å². The number of hydrogen-bond acceptors (Lipinski definition) is 2. The van der Waals surface area contributed by atoms with Crippen LogP contribution in [-0.4, -0.2) is 12.4 Å². The molecule has 3 heteroatoms. The molecule has 1 aromatic carbocycles. The van der Waals surface area contributed by atoms with Crippen molar-refractivity contribution < 1.29 is 4.74 Å². The third-order valence-electron chi connectivity index (χ3n) is 2.51. The molecule has 0 amide bonds. The maximum absolute atomic E-state index is 7.28. The van der Waals surface area contributed by atoms with E-state index in [4.69, 9.17) is 15.9 Å². The van der Waals surface area contributed by atoms with Crippen LogP contribution < -0.4 is 10.5 Å². The molecule has 0 saturated carbocycles. The lowest BCUT2D eigenvalue weighted by atomic mass is 9.91. The van der Waals surface area contributed by atoms with Crippen molar-refractivity contribution in [2.75, 3.05) is 6.61 Å². The van der Waals surface area contributed by atoms with E-state index in [0.717, 1.165) is 30.8 Å². The molecule has 1 rings (SSSR count). The van der Waals surface area contributed by atoms with Crippen LogP contribution in [0.4, 0.5) is 0 Å². The molecule has 0 spiro atoms. The Labute approximate surface area is 103 Å². The molecule has 94 valence electrons. The minimum absolute atomic E-state index is 0.0873. The Balaban J connectivity index is 2.35. The summed E-state index contributed by atoms with van der Waals surface area (Å²) in [6, 6.07) is 7.32. The smallest absolute Gasteiger partial charge is 0.122 e. The summed E-state index contributed by atoms with van der Waals surface area (Å²) in [4.78, 5) is 0. The Morgan fingerprint density at radius 2 is 1.82 bits per heavy atom. The highest BCUT2D eigenvalue weighted by Crippen LogP contribution is 2.21. The van der Waals surface area contributed by atoms with E-state index in [1.807, 2.05) is 12.1 Å². The zero-order valence-corrected chi connectivity index (χ0v) is 10.9. The van der Waals surface area contributed by atoms with E-state index < -0.39 is 0 Å². The lowest BCUT2D eigenvalue weighted by molar-refractivity contribution is 0.269. The van der Waals surface area contributed by atoms with Crippen LogP contribution in [0.5, 0.6) is 5.75 Å². The van der Waals surface area contributed by atoms with Crippen molar-refractivity contribution in [2.45, 2.75) is 33.6 Å². The molecule has 0 aliphatic carbocycles. The highest BCUT2D eigenvalue weighted by molar-refractivity contribution is 5.94. The summed E-state index contributed by atoms with van der Waals surface area (Å²) in [5, 5.41) is 7.28. The lowest BCUT2D eigenvalue weighted by Gasteiger charge is -2.17. The van der Waals surface area contributed by atoms with Crippen LogP contribution in [0.1, 0.15) is 39.2 Å². The van der Waals surface area contributed by atoms with Crippen molar-refractivity contribution in [3.8, 4) is 5.75 Å². The first-order chi connectivity index (χ1) is 7.88. The number of ether oxygens (including phenoxy) is 1. The predicted octanol–water partition coefficient (Wildman–Crippen LogP) is 3.18. The zero-order chi connectivity index (χ0) is 12.9. The molecular weight excluding hydrogens is 212 g/mol. The van der Waals surface area contributed by atoms with E-state index in [9.17, 15) is 0 Å². The average Bonchev–Trinajstić information content (AvgIpc) is 2.24. The molecule has 3 N–H and O–H groups in total. The second-order valence-corrected chi connectivity index (χ2v) is 5.45. The lowest BCUT2D eigenvalue weighted by Crippen LogP contribution is -2.10. The van der Waals surface area contributed by atoms with Gasteiger partial charge in [0, 0.05) is 5.56 Å². The van der Waals surface area contributed by atoms with E-state index in [1.54, 1.807) is 12.1 Å². The van der Waals surface area contributed by atoms with Crippen molar-refractivity contribution in [2.24, 2.45) is 11.1 Å². The highest BCUT2D eigenvalue weighted by Gasteiger charge is 2.09. The summed E-state index contributed by atoms with van der Waals surface area (Å²) in [5.41, 5.74) is 6.47. The van der Waals surface area contributed by atoms with Gasteiger partial charge >= 0.3 is 0 Å². The summed E-state index contributed by atoms with van der Waals surface area (Å²) in [5.74, 6) is 0.924. The maximum atomic E-state index is 7.28. The Hall–Kier alpha value is -1.51. The summed E-state index contributed by atoms with van der Waals surface area (Å²) >= 11 is 0. The van der Waals surface area contributed by atoms with Crippen LogP contribution in [0.25, 0.3) is 0 Å². The van der Waals surface area contributed by atoms with E-state index in [-0.39, 0.29) is 5.84 Å². The Morgan fingerprint density at radius 1 is 1.24 bits per heavy atom. The first-order valence-corrected chi connectivity index (χ1v) is 5.96. The van der Waals surface area contributed by atoms with Crippen LogP contribution in [0, 0.1) is 10.8 Å². The maximum Gasteiger partial charge on any atom is 0.122 e. The Kier molecular flexibility index (Phi) is 4.55. The fourth-order valence-corrected chi connectivity index (χ4v) is 1.52. The quantitative estimate of drug-likeness (QED) is 0.467. The van der Waals surface area contributed by atoms with Gasteiger partial charge in [-0.3, -0.25) is 5.41 Å². The number of hydrogen-bond donors (Lipinski definition) is 2. The minimum atomic E-state index is 0.0873. The molecule has 1 aromatic rings. The second kappa shape index (κ2) is 5.71. The molecule has 0 aliphatic rings. The van der Waals surface area contributed by atoms with Crippen LogP contribution >= 0.6 is 0 Å². The predicted molar refractivity (Wildman–Crippen MR) is 71.6 cm³/mol. The van der Waals surface area contributed by atoms with Gasteiger partial charge in [-0.2, -0.15) is 0 Å². The monoisotopic (exact) mass is 234 g/mol. The van der Waals surface area contributed by atoms with E-state index in [1.165, 1.54) is 0 Å². The largest absolute Gasteiger partial charge is 0.494 e. The van der Waals surface area contributed by atoms with Crippen molar-refractivity contribution in [1.82, 2.24) is 0 Å². The van der Waals surface area contributed by atoms with E-state index in [2.05, 4.69) is 20.8 Å². The van der Waals surface area contributed by atoms with Crippen LogP contribution in [0.3, 0.4) is 0 Å². The molecule has 17 heavy (non-hydrogen) atoms. The van der Waals surface area contributed by atoms with Gasteiger partial charge in [-0.25, -0.2) is 0 Å². The highest BCUT2D eigenvalue weighted by atomic mass is 16.5. The van der Waals surface area contributed by atoms with Crippen molar-refractivity contribution >= 4 is 5.84 Å². The molecule has 0 saturated heterocycles. The molecule has 0 fully saturated rings. The average molecular weight is 234 g/mol. The third-order valence-corrected chi connectivity index (χ3v) is 2.51. The second-order valence-electron chi connectivity index (χ2n) is 5.45. The number of rotatable bonds is 5. The number of benzene rings is 1. The molecule has 0 atom stereocenters. The molecule has 0 heterocycles. The summed E-state index contributed by atoms with van der Waals surface area (Å²) in [6.07, 6.45) is 2.20. The number of amidine groups is 1. The van der Waals surface area contributed by atoms with E-state index in [0.29, 0.717) is 5.41 Å². The third kappa shape index (κ3) is 5.38. The van der Waals surface area contributed by atoms with Gasteiger partial charge in [-0.05, 0) is 42.5 Å². The van der Waals surface area contributed by atoms with Crippen LogP contribution in [-0.2, 0) is 0 Å². The van der Waals surface area contributed by atoms with Crippen molar-refractivity contribution in [3.63, 3.8) is 0 Å². The van der Waals surface area contributed by atoms with Gasteiger partial charge in [0.2, 0.25) is 0 Å². The number of nitrogen functional groups attached to an aromatic ring is 1. The first-order valence-electron chi connectivity index (χ1n) is 5.96. The summed E-state index contributed by atoms with van der Waals surface area (Å²) in [7, 11) is 0. The minimum Gasteiger partial charge on any atom is -0.494 e.